The number of rotatable bonds is 3. The summed E-state index contributed by atoms with van der Waals surface area (Å²) in [4.78, 5) is 0. The zero-order chi connectivity index (χ0) is 7.98. The quantitative estimate of drug-likeness (QED) is 0.663. The lowest BCUT2D eigenvalue weighted by atomic mass is 10.2. The van der Waals surface area contributed by atoms with Gasteiger partial charge in [0.15, 0.2) is 0 Å². The van der Waals surface area contributed by atoms with Crippen molar-refractivity contribution in [2.45, 2.75) is 13.3 Å². The van der Waals surface area contributed by atoms with Gasteiger partial charge in [0.1, 0.15) is 4.49 Å². The molecule has 1 nitrogen and oxygen atoms in total. The van der Waals surface area contributed by atoms with E-state index in [9.17, 15) is 0 Å². The van der Waals surface area contributed by atoms with Gasteiger partial charge >= 0.3 is 0 Å². The van der Waals surface area contributed by atoms with Crippen LogP contribution in [0.3, 0.4) is 0 Å². The van der Waals surface area contributed by atoms with Crippen LogP contribution in [-0.2, 0) is 0 Å². The smallest absolute Gasteiger partial charge is 0.106 e. The number of hydrogen-bond donors (Lipinski definition) is 1. The molecule has 0 bridgehead atoms. The fraction of sp³-hybridized carbons (Fsp3) is 0.429. The Morgan fingerprint density at radius 1 is 1.40 bits per heavy atom. The van der Waals surface area contributed by atoms with Crippen molar-refractivity contribution in [3.05, 3.63) is 22.2 Å². The fourth-order valence-corrected chi connectivity index (χ4v) is 0.591. The molecule has 0 saturated heterocycles. The molecule has 3 heteroatoms. The van der Waals surface area contributed by atoms with Gasteiger partial charge in [0.05, 0.1) is 0 Å². The number of halogens is 2. The summed E-state index contributed by atoms with van der Waals surface area (Å²) in [5, 5.41) is 8.47. The molecule has 0 aromatic heterocycles. The minimum Gasteiger partial charge on any atom is -0.396 e. The van der Waals surface area contributed by atoms with Gasteiger partial charge in [0.25, 0.3) is 0 Å². The predicted octanol–water partition coefficient (Wildman–Crippen LogP) is 2.63. The molecule has 0 fully saturated rings. The van der Waals surface area contributed by atoms with E-state index >= 15 is 0 Å². The zero-order valence-electron chi connectivity index (χ0n) is 5.77. The third kappa shape index (κ3) is 6.14. The topological polar surface area (TPSA) is 20.2 Å². The third-order valence-electron chi connectivity index (χ3n) is 1.000. The van der Waals surface area contributed by atoms with Gasteiger partial charge in [-0.05, 0) is 19.4 Å². The molecule has 0 aromatic carbocycles. The van der Waals surface area contributed by atoms with Gasteiger partial charge in [-0.2, -0.15) is 0 Å². The number of aliphatic hydroxyl groups excluding tert-OH is 1. The summed E-state index contributed by atoms with van der Waals surface area (Å²) in [6, 6.07) is 0. The average molecular weight is 181 g/mol. The molecule has 0 saturated carbocycles. The Labute approximate surface area is 71.0 Å². The molecular formula is C7H10Cl2O. The Bertz CT molecular complexity index is 146. The van der Waals surface area contributed by atoms with E-state index in [4.69, 9.17) is 28.3 Å². The van der Waals surface area contributed by atoms with Crippen LogP contribution in [0.25, 0.3) is 0 Å². The number of hydrogen-bond acceptors (Lipinski definition) is 1. The molecular weight excluding hydrogens is 171 g/mol. The average Bonchev–Trinajstić information content (AvgIpc) is 1.85. The molecule has 0 aliphatic heterocycles. The van der Waals surface area contributed by atoms with Crippen LogP contribution in [0.4, 0.5) is 0 Å². The molecule has 0 aliphatic carbocycles. The van der Waals surface area contributed by atoms with Crippen LogP contribution >= 0.6 is 23.2 Å². The third-order valence-corrected chi connectivity index (χ3v) is 1.25. The molecule has 1 N–H and O–H groups in total. The second kappa shape index (κ2) is 5.78. The first-order valence-electron chi connectivity index (χ1n) is 2.96. The van der Waals surface area contributed by atoms with E-state index < -0.39 is 0 Å². The lowest BCUT2D eigenvalue weighted by Crippen LogP contribution is -1.82. The fourth-order valence-electron chi connectivity index (χ4n) is 0.465. The molecule has 58 valence electrons. The Balaban J connectivity index is 3.79. The SMILES string of the molecule is C/C(=C/C=C(Cl)Cl)CCO. The van der Waals surface area contributed by atoms with E-state index in [1.165, 1.54) is 0 Å². The summed E-state index contributed by atoms with van der Waals surface area (Å²) in [6.45, 7) is 2.07. The zero-order valence-corrected chi connectivity index (χ0v) is 7.28. The van der Waals surface area contributed by atoms with Crippen molar-refractivity contribution in [1.29, 1.82) is 0 Å². The normalized spacial score (nSPS) is 11.4. The molecule has 10 heavy (non-hydrogen) atoms. The van der Waals surface area contributed by atoms with E-state index in [0.717, 1.165) is 5.57 Å². The Hall–Kier alpha value is 0.0200. The highest BCUT2D eigenvalue weighted by molar-refractivity contribution is 6.55. The minimum absolute atomic E-state index is 0.163. The van der Waals surface area contributed by atoms with Crippen molar-refractivity contribution in [2.24, 2.45) is 0 Å². The summed E-state index contributed by atoms with van der Waals surface area (Å²) < 4.78 is 0.234. The molecule has 0 aromatic rings. The van der Waals surface area contributed by atoms with Crippen LogP contribution in [0.1, 0.15) is 13.3 Å². The Morgan fingerprint density at radius 2 is 2.00 bits per heavy atom. The van der Waals surface area contributed by atoms with Crippen molar-refractivity contribution in [3.63, 3.8) is 0 Å². The van der Waals surface area contributed by atoms with Gasteiger partial charge in [-0.25, -0.2) is 0 Å². The predicted molar refractivity (Wildman–Crippen MR) is 45.2 cm³/mol. The van der Waals surface area contributed by atoms with Gasteiger partial charge in [-0.1, -0.05) is 34.9 Å². The van der Waals surface area contributed by atoms with Crippen molar-refractivity contribution < 1.29 is 5.11 Å². The first-order valence-corrected chi connectivity index (χ1v) is 3.71. The largest absolute Gasteiger partial charge is 0.396 e. The highest BCUT2D eigenvalue weighted by Gasteiger charge is 1.85. The van der Waals surface area contributed by atoms with Crippen LogP contribution in [0.2, 0.25) is 0 Å². The molecule has 0 rings (SSSR count). The monoisotopic (exact) mass is 180 g/mol. The van der Waals surface area contributed by atoms with Crippen LogP contribution in [0, 0.1) is 0 Å². The molecule has 0 aliphatic rings. The van der Waals surface area contributed by atoms with E-state index in [2.05, 4.69) is 0 Å². The molecule has 0 radical (unpaired) electrons. The molecule has 0 heterocycles. The van der Waals surface area contributed by atoms with Crippen LogP contribution in [-0.4, -0.2) is 11.7 Å². The Morgan fingerprint density at radius 3 is 2.40 bits per heavy atom. The number of aliphatic hydroxyl groups is 1. The van der Waals surface area contributed by atoms with Crippen LogP contribution < -0.4 is 0 Å². The van der Waals surface area contributed by atoms with Gasteiger partial charge in [0.2, 0.25) is 0 Å². The van der Waals surface area contributed by atoms with E-state index in [0.29, 0.717) is 6.42 Å². The highest BCUT2D eigenvalue weighted by Crippen LogP contribution is 2.08. The van der Waals surface area contributed by atoms with Gasteiger partial charge in [0, 0.05) is 6.61 Å². The first-order chi connectivity index (χ1) is 4.66. The lowest BCUT2D eigenvalue weighted by molar-refractivity contribution is 0.299. The first kappa shape index (κ1) is 10.0. The van der Waals surface area contributed by atoms with E-state index in [-0.39, 0.29) is 11.1 Å². The second-order valence-electron chi connectivity index (χ2n) is 1.94. The summed E-state index contributed by atoms with van der Waals surface area (Å²) in [5.41, 5.74) is 1.06. The van der Waals surface area contributed by atoms with E-state index in [1.54, 1.807) is 12.2 Å². The maximum atomic E-state index is 8.47. The minimum atomic E-state index is 0.163. The van der Waals surface area contributed by atoms with Crippen LogP contribution in [0.5, 0.6) is 0 Å². The van der Waals surface area contributed by atoms with Crippen molar-refractivity contribution in [2.75, 3.05) is 6.61 Å². The number of allylic oxidation sites excluding steroid dienone is 2. The summed E-state index contributed by atoms with van der Waals surface area (Å²) in [5.74, 6) is 0. The lowest BCUT2D eigenvalue weighted by Gasteiger charge is -1.92. The van der Waals surface area contributed by atoms with Crippen molar-refractivity contribution in [3.8, 4) is 0 Å². The molecule has 0 amide bonds. The summed E-state index contributed by atoms with van der Waals surface area (Å²) >= 11 is 10.7. The van der Waals surface area contributed by atoms with Crippen LogP contribution in [0.15, 0.2) is 22.2 Å². The summed E-state index contributed by atoms with van der Waals surface area (Å²) in [7, 11) is 0. The molecule has 0 atom stereocenters. The maximum absolute atomic E-state index is 8.47. The van der Waals surface area contributed by atoms with Gasteiger partial charge in [-0.15, -0.1) is 0 Å². The second-order valence-corrected chi connectivity index (χ2v) is 2.95. The van der Waals surface area contributed by atoms with Gasteiger partial charge < -0.3 is 5.11 Å². The Kier molecular flexibility index (Phi) is 5.79. The van der Waals surface area contributed by atoms with E-state index in [1.807, 2.05) is 6.92 Å². The standard InChI is InChI=1S/C7H10Cl2O/c1-6(4-5-10)2-3-7(8)9/h2-3,10H,4-5H2,1H3/b6-2-. The molecule has 0 unspecified atom stereocenters. The highest BCUT2D eigenvalue weighted by atomic mass is 35.5. The van der Waals surface area contributed by atoms with Crippen molar-refractivity contribution in [1.82, 2.24) is 0 Å². The maximum Gasteiger partial charge on any atom is 0.106 e. The molecule has 0 spiro atoms. The van der Waals surface area contributed by atoms with Gasteiger partial charge in [-0.3, -0.25) is 0 Å². The summed E-state index contributed by atoms with van der Waals surface area (Å²) in [6.07, 6.45) is 4.04. The van der Waals surface area contributed by atoms with Crippen molar-refractivity contribution >= 4 is 23.2 Å².